The molecule has 1 aliphatic rings. The number of amides is 1. The number of rotatable bonds is 7. The number of allylic oxidation sites excluding steroid dienone is 2. The van der Waals surface area contributed by atoms with E-state index in [2.05, 4.69) is 4.74 Å². The molecule has 1 aliphatic carbocycles. The summed E-state index contributed by atoms with van der Waals surface area (Å²) >= 11 is 0. The average Bonchev–Trinajstić information content (AvgIpc) is 2.67. The van der Waals surface area contributed by atoms with Crippen molar-refractivity contribution in [3.63, 3.8) is 0 Å². The molecule has 0 aliphatic heterocycles. The van der Waals surface area contributed by atoms with Crippen molar-refractivity contribution in [1.29, 1.82) is 0 Å². The molecule has 1 aromatic rings. The van der Waals surface area contributed by atoms with Crippen LogP contribution in [0.5, 0.6) is 11.5 Å². The Balaban J connectivity index is 0.000000296. The second-order valence-electron chi connectivity index (χ2n) is 6.39. The summed E-state index contributed by atoms with van der Waals surface area (Å²) in [5.41, 5.74) is 4.87. The molecular formula is C20H25NO8. The number of carboxylic acid groups (broad SMARTS) is 2. The Morgan fingerprint density at radius 2 is 1.69 bits per heavy atom. The molecule has 2 rings (SSSR count). The van der Waals surface area contributed by atoms with E-state index in [1.807, 2.05) is 12.1 Å². The number of benzene rings is 1. The van der Waals surface area contributed by atoms with Crippen LogP contribution in [0.15, 0.2) is 42.0 Å². The van der Waals surface area contributed by atoms with Crippen LogP contribution in [-0.4, -0.2) is 49.1 Å². The lowest BCUT2D eigenvalue weighted by molar-refractivity contribution is -0.145. The Kier molecular flexibility index (Phi) is 8.72. The fourth-order valence-electron chi connectivity index (χ4n) is 2.46. The van der Waals surface area contributed by atoms with Crippen molar-refractivity contribution >= 4 is 18.0 Å². The third kappa shape index (κ3) is 7.57. The minimum absolute atomic E-state index is 0.0359. The Bertz CT molecular complexity index is 792. The van der Waals surface area contributed by atoms with Gasteiger partial charge in [-0.05, 0) is 31.0 Å². The lowest BCUT2D eigenvalue weighted by atomic mass is 9.80. The minimum Gasteiger partial charge on any atom is -0.497 e. The lowest BCUT2D eigenvalue weighted by Crippen LogP contribution is -2.28. The van der Waals surface area contributed by atoms with Gasteiger partial charge in [0.2, 0.25) is 0 Å². The van der Waals surface area contributed by atoms with Gasteiger partial charge in [0.1, 0.15) is 11.5 Å². The monoisotopic (exact) mass is 407 g/mol. The fourth-order valence-corrected chi connectivity index (χ4v) is 2.46. The van der Waals surface area contributed by atoms with Gasteiger partial charge in [-0.2, -0.15) is 0 Å². The molecule has 1 atom stereocenters. The van der Waals surface area contributed by atoms with Crippen LogP contribution in [0.25, 0.3) is 0 Å². The van der Waals surface area contributed by atoms with Crippen molar-refractivity contribution in [3.8, 4) is 11.5 Å². The Morgan fingerprint density at radius 1 is 1.10 bits per heavy atom. The van der Waals surface area contributed by atoms with Crippen molar-refractivity contribution in [1.82, 2.24) is 0 Å². The Morgan fingerprint density at radius 3 is 2.14 bits per heavy atom. The predicted octanol–water partition coefficient (Wildman–Crippen LogP) is 2.39. The van der Waals surface area contributed by atoms with Gasteiger partial charge in [-0.15, -0.1) is 0 Å². The topological polar surface area (TPSA) is 145 Å². The first-order valence-corrected chi connectivity index (χ1v) is 8.60. The maximum absolute atomic E-state index is 10.8. The van der Waals surface area contributed by atoms with Gasteiger partial charge >= 0.3 is 18.0 Å². The van der Waals surface area contributed by atoms with Gasteiger partial charge in [0.15, 0.2) is 0 Å². The number of methoxy groups -OCH3 is 2. The summed E-state index contributed by atoms with van der Waals surface area (Å²) in [5.74, 6) is -0.658. The second kappa shape index (κ2) is 10.7. The summed E-state index contributed by atoms with van der Waals surface area (Å²) in [6.45, 7) is 1.74. The zero-order valence-corrected chi connectivity index (χ0v) is 16.5. The van der Waals surface area contributed by atoms with Gasteiger partial charge in [0.25, 0.3) is 0 Å². The van der Waals surface area contributed by atoms with Crippen LogP contribution in [0.1, 0.15) is 18.9 Å². The summed E-state index contributed by atoms with van der Waals surface area (Å²) in [5, 5.41) is 17.5. The molecule has 0 aromatic heterocycles. The summed E-state index contributed by atoms with van der Waals surface area (Å²) < 4.78 is 14.9. The summed E-state index contributed by atoms with van der Waals surface area (Å²) in [4.78, 5) is 31.7. The highest BCUT2D eigenvalue weighted by Gasteiger charge is 2.34. The first kappa shape index (κ1) is 23.5. The van der Waals surface area contributed by atoms with Gasteiger partial charge in [-0.25, -0.2) is 9.59 Å². The van der Waals surface area contributed by atoms with E-state index in [1.165, 1.54) is 25.2 Å². The zero-order valence-electron chi connectivity index (χ0n) is 16.5. The molecule has 0 heterocycles. The highest BCUT2D eigenvalue weighted by Crippen LogP contribution is 2.31. The highest BCUT2D eigenvalue weighted by atomic mass is 16.5. The van der Waals surface area contributed by atoms with Crippen LogP contribution in [-0.2, 0) is 20.7 Å². The van der Waals surface area contributed by atoms with E-state index in [9.17, 15) is 14.4 Å². The molecule has 0 fully saturated rings. The van der Waals surface area contributed by atoms with Crippen LogP contribution in [0.4, 0.5) is 4.79 Å². The molecule has 1 amide bonds. The predicted molar refractivity (Wildman–Crippen MR) is 104 cm³/mol. The fraction of sp³-hybridized carbons (Fsp3) is 0.350. The van der Waals surface area contributed by atoms with Crippen molar-refractivity contribution in [2.45, 2.75) is 19.8 Å². The van der Waals surface area contributed by atoms with Crippen LogP contribution in [0.3, 0.4) is 0 Å². The Hall–Kier alpha value is -3.49. The first-order chi connectivity index (χ1) is 13.6. The molecule has 158 valence electrons. The standard InChI is InChI=1S/C11H15NO4.C9H10O4/c1-14-9-5-8(3-4-16-11(12)13)6-10(7-9)15-2;1-9(8(12)13)4-2-3-6(5-9)7(10)11/h5-7H,3-4H2,1-2H3,(H2,12,13);2-4H,5H2,1H3,(H,10,11)(H,12,13). The number of primary amides is 1. The van der Waals surface area contributed by atoms with E-state index in [0.29, 0.717) is 17.9 Å². The highest BCUT2D eigenvalue weighted by molar-refractivity contribution is 5.90. The van der Waals surface area contributed by atoms with Crippen molar-refractivity contribution in [2.75, 3.05) is 20.8 Å². The molecule has 4 N–H and O–H groups in total. The number of hydrogen-bond acceptors (Lipinski definition) is 6. The smallest absolute Gasteiger partial charge is 0.404 e. The van der Waals surface area contributed by atoms with Crippen LogP contribution >= 0.6 is 0 Å². The number of carbonyl (C=O) groups is 3. The zero-order chi connectivity index (χ0) is 22.0. The largest absolute Gasteiger partial charge is 0.497 e. The quantitative estimate of drug-likeness (QED) is 0.624. The summed E-state index contributed by atoms with van der Waals surface area (Å²) in [6.07, 6.45) is 4.23. The molecule has 1 unspecified atom stereocenters. The van der Waals surface area contributed by atoms with Crippen molar-refractivity contribution < 1.29 is 38.8 Å². The Labute approximate surface area is 168 Å². The van der Waals surface area contributed by atoms with Gasteiger partial charge in [-0.3, -0.25) is 4.79 Å². The van der Waals surface area contributed by atoms with Crippen LogP contribution in [0.2, 0.25) is 0 Å². The SMILES string of the molecule is CC1(C(=O)O)C=CC=C(C(=O)O)C1.COc1cc(CCOC(N)=O)cc(OC)c1. The third-order valence-corrected chi connectivity index (χ3v) is 4.13. The molecule has 0 bridgehead atoms. The van der Waals surface area contributed by atoms with E-state index >= 15 is 0 Å². The number of carboxylic acids is 2. The molecule has 0 saturated carbocycles. The maximum atomic E-state index is 10.8. The molecule has 0 spiro atoms. The first-order valence-electron chi connectivity index (χ1n) is 8.60. The van der Waals surface area contributed by atoms with E-state index < -0.39 is 23.4 Å². The summed E-state index contributed by atoms with van der Waals surface area (Å²) in [7, 11) is 3.16. The van der Waals surface area contributed by atoms with E-state index in [4.69, 9.17) is 25.4 Å². The number of ether oxygens (including phenoxy) is 3. The molecule has 0 saturated heterocycles. The number of nitrogens with two attached hydrogens (primary N) is 1. The van der Waals surface area contributed by atoms with Crippen molar-refractivity contribution in [3.05, 3.63) is 47.6 Å². The maximum Gasteiger partial charge on any atom is 0.404 e. The van der Waals surface area contributed by atoms with E-state index in [1.54, 1.807) is 20.3 Å². The molecular weight excluding hydrogens is 382 g/mol. The van der Waals surface area contributed by atoms with Gasteiger partial charge < -0.3 is 30.2 Å². The normalized spacial score (nSPS) is 17.3. The van der Waals surface area contributed by atoms with Gasteiger partial charge in [0.05, 0.1) is 26.2 Å². The molecule has 29 heavy (non-hydrogen) atoms. The summed E-state index contributed by atoms with van der Waals surface area (Å²) in [6, 6.07) is 5.48. The molecule has 9 heteroatoms. The lowest BCUT2D eigenvalue weighted by Gasteiger charge is -2.23. The molecule has 0 radical (unpaired) electrons. The van der Waals surface area contributed by atoms with Gasteiger partial charge in [0, 0.05) is 18.1 Å². The molecule has 9 nitrogen and oxygen atoms in total. The third-order valence-electron chi connectivity index (χ3n) is 4.13. The number of hydrogen-bond donors (Lipinski definition) is 3. The second-order valence-corrected chi connectivity index (χ2v) is 6.39. The number of carbonyl (C=O) groups excluding carboxylic acids is 1. The minimum atomic E-state index is -1.08. The number of aliphatic carboxylic acids is 2. The molecule has 1 aromatic carbocycles. The van der Waals surface area contributed by atoms with Crippen LogP contribution in [0, 0.1) is 5.41 Å². The van der Waals surface area contributed by atoms with Crippen molar-refractivity contribution in [2.24, 2.45) is 11.1 Å². The van der Waals surface area contributed by atoms with E-state index in [-0.39, 0.29) is 18.6 Å². The van der Waals surface area contributed by atoms with Crippen LogP contribution < -0.4 is 15.2 Å². The van der Waals surface area contributed by atoms with E-state index in [0.717, 1.165) is 5.56 Å². The average molecular weight is 407 g/mol. The van der Waals surface area contributed by atoms with Gasteiger partial charge in [-0.1, -0.05) is 18.2 Å².